The summed E-state index contributed by atoms with van der Waals surface area (Å²) in [7, 11) is -3.36. The van der Waals surface area contributed by atoms with Gasteiger partial charge in [0.05, 0.1) is 5.75 Å². The van der Waals surface area contributed by atoms with E-state index in [9.17, 15) is 13.2 Å². The summed E-state index contributed by atoms with van der Waals surface area (Å²) in [6.07, 6.45) is 1.16. The van der Waals surface area contributed by atoms with Crippen LogP contribution in [0.3, 0.4) is 0 Å². The SMILES string of the molecule is Cc1ccccc1CS(=O)(=O)N1CCC(C(=O)NCCSCc2ccccc2)CC1. The maximum absolute atomic E-state index is 12.8. The highest BCUT2D eigenvalue weighted by atomic mass is 32.2. The van der Waals surface area contributed by atoms with Crippen molar-refractivity contribution in [1.82, 2.24) is 9.62 Å². The lowest BCUT2D eigenvalue weighted by atomic mass is 9.97. The summed E-state index contributed by atoms with van der Waals surface area (Å²) in [5.74, 6) is 1.77. The second-order valence-corrected chi connectivity index (χ2v) is 10.8. The van der Waals surface area contributed by atoms with E-state index in [1.807, 2.05) is 49.4 Å². The van der Waals surface area contributed by atoms with Gasteiger partial charge in [-0.05, 0) is 36.5 Å². The first kappa shape index (κ1) is 22.8. The van der Waals surface area contributed by atoms with Crippen LogP contribution in [0.25, 0.3) is 0 Å². The number of hydrogen-bond acceptors (Lipinski definition) is 4. The quantitative estimate of drug-likeness (QED) is 0.598. The molecule has 0 unspecified atom stereocenters. The summed E-state index contributed by atoms with van der Waals surface area (Å²) in [5.41, 5.74) is 3.11. The topological polar surface area (TPSA) is 66.5 Å². The van der Waals surface area contributed by atoms with Crippen LogP contribution in [0.4, 0.5) is 0 Å². The van der Waals surface area contributed by atoms with Crippen LogP contribution >= 0.6 is 11.8 Å². The minimum atomic E-state index is -3.36. The molecular weight excluding hydrogens is 416 g/mol. The average Bonchev–Trinajstić information content (AvgIpc) is 2.76. The molecule has 5 nitrogen and oxygen atoms in total. The fourth-order valence-electron chi connectivity index (χ4n) is 3.61. The van der Waals surface area contributed by atoms with Gasteiger partial charge >= 0.3 is 0 Å². The largest absolute Gasteiger partial charge is 0.355 e. The Morgan fingerprint density at radius 1 is 1.07 bits per heavy atom. The number of sulfonamides is 1. The van der Waals surface area contributed by atoms with Gasteiger partial charge in [0.2, 0.25) is 15.9 Å². The van der Waals surface area contributed by atoms with E-state index in [0.29, 0.717) is 32.5 Å². The van der Waals surface area contributed by atoms with E-state index in [-0.39, 0.29) is 17.6 Å². The van der Waals surface area contributed by atoms with Gasteiger partial charge in [-0.3, -0.25) is 4.79 Å². The Bertz CT molecular complexity index is 924. The van der Waals surface area contributed by atoms with Gasteiger partial charge in [-0.1, -0.05) is 54.6 Å². The fraction of sp³-hybridized carbons (Fsp3) is 0.435. The van der Waals surface area contributed by atoms with E-state index in [2.05, 4.69) is 17.4 Å². The van der Waals surface area contributed by atoms with Crippen LogP contribution in [-0.2, 0) is 26.3 Å². The number of piperidine rings is 1. The molecule has 0 spiro atoms. The van der Waals surface area contributed by atoms with Gasteiger partial charge in [-0.2, -0.15) is 11.8 Å². The number of thioether (sulfide) groups is 1. The third-order valence-electron chi connectivity index (χ3n) is 5.47. The summed E-state index contributed by atoms with van der Waals surface area (Å²) in [5, 5.41) is 3.01. The average molecular weight is 447 g/mol. The van der Waals surface area contributed by atoms with Crippen LogP contribution in [0.2, 0.25) is 0 Å². The van der Waals surface area contributed by atoms with E-state index in [0.717, 1.165) is 22.6 Å². The molecule has 0 atom stereocenters. The molecule has 0 radical (unpaired) electrons. The van der Waals surface area contributed by atoms with Crippen molar-refractivity contribution in [1.29, 1.82) is 0 Å². The lowest BCUT2D eigenvalue weighted by Gasteiger charge is -2.30. The highest BCUT2D eigenvalue weighted by molar-refractivity contribution is 7.98. The molecule has 3 rings (SSSR count). The first-order valence-electron chi connectivity index (χ1n) is 10.4. The molecule has 7 heteroatoms. The van der Waals surface area contributed by atoms with E-state index in [1.165, 1.54) is 5.56 Å². The standard InChI is InChI=1S/C23H30N2O3S2/c1-19-7-5-6-10-22(19)18-30(27,28)25-14-11-21(12-15-25)23(26)24-13-16-29-17-20-8-3-2-4-9-20/h2-10,21H,11-18H2,1H3,(H,24,26). The van der Waals surface area contributed by atoms with E-state index < -0.39 is 10.0 Å². The summed E-state index contributed by atoms with van der Waals surface area (Å²) in [6.45, 7) is 3.39. The minimum absolute atomic E-state index is 0.0230. The van der Waals surface area contributed by atoms with Crippen molar-refractivity contribution in [3.8, 4) is 0 Å². The molecule has 30 heavy (non-hydrogen) atoms. The smallest absolute Gasteiger partial charge is 0.223 e. The predicted octanol–water partition coefficient (Wildman–Crippen LogP) is 3.59. The number of nitrogens with zero attached hydrogens (tertiary/aromatic N) is 1. The van der Waals surface area contributed by atoms with Crippen LogP contribution in [0.1, 0.15) is 29.5 Å². The van der Waals surface area contributed by atoms with Gasteiger partial charge < -0.3 is 5.32 Å². The Morgan fingerprint density at radius 3 is 2.43 bits per heavy atom. The highest BCUT2D eigenvalue weighted by Gasteiger charge is 2.31. The lowest BCUT2D eigenvalue weighted by Crippen LogP contribution is -2.43. The Kier molecular flexibility index (Phi) is 8.36. The van der Waals surface area contributed by atoms with Gasteiger partial charge in [-0.25, -0.2) is 12.7 Å². The summed E-state index contributed by atoms with van der Waals surface area (Å²) in [4.78, 5) is 12.4. The van der Waals surface area contributed by atoms with Crippen LogP contribution in [-0.4, -0.2) is 44.0 Å². The lowest BCUT2D eigenvalue weighted by molar-refractivity contribution is -0.125. The Balaban J connectivity index is 1.38. The first-order chi connectivity index (χ1) is 14.5. The van der Waals surface area contributed by atoms with Crippen LogP contribution in [0, 0.1) is 12.8 Å². The normalized spacial score (nSPS) is 15.8. The molecule has 1 N–H and O–H groups in total. The number of nitrogens with one attached hydrogen (secondary N) is 1. The summed E-state index contributed by atoms with van der Waals surface area (Å²) in [6, 6.07) is 17.9. The molecular formula is C23H30N2O3S2. The number of rotatable bonds is 9. The van der Waals surface area contributed by atoms with E-state index >= 15 is 0 Å². The van der Waals surface area contributed by atoms with Crippen LogP contribution < -0.4 is 5.32 Å². The fourth-order valence-corrected chi connectivity index (χ4v) is 6.10. The monoisotopic (exact) mass is 446 g/mol. The van der Waals surface area contributed by atoms with Crippen molar-refractivity contribution in [3.63, 3.8) is 0 Å². The van der Waals surface area contributed by atoms with Crippen molar-refractivity contribution >= 4 is 27.7 Å². The number of carbonyl (C=O) groups excluding carboxylic acids is 1. The predicted molar refractivity (Wildman–Crippen MR) is 124 cm³/mol. The van der Waals surface area contributed by atoms with Crippen molar-refractivity contribution in [3.05, 3.63) is 71.3 Å². The zero-order valence-corrected chi connectivity index (χ0v) is 19.1. The van der Waals surface area contributed by atoms with Crippen molar-refractivity contribution < 1.29 is 13.2 Å². The molecule has 0 bridgehead atoms. The number of hydrogen-bond donors (Lipinski definition) is 1. The van der Waals surface area contributed by atoms with Crippen LogP contribution in [0.15, 0.2) is 54.6 Å². The van der Waals surface area contributed by atoms with Crippen molar-refractivity contribution in [2.75, 3.05) is 25.4 Å². The molecule has 2 aromatic carbocycles. The molecule has 1 saturated heterocycles. The van der Waals surface area contributed by atoms with Gasteiger partial charge in [0, 0.05) is 37.1 Å². The third kappa shape index (κ3) is 6.59. The van der Waals surface area contributed by atoms with Gasteiger partial charge in [0.15, 0.2) is 0 Å². The number of amides is 1. The van der Waals surface area contributed by atoms with Gasteiger partial charge in [-0.15, -0.1) is 0 Å². The molecule has 0 aromatic heterocycles. The molecule has 1 heterocycles. The first-order valence-corrected chi connectivity index (χ1v) is 13.1. The Hall–Kier alpha value is -1.83. The summed E-state index contributed by atoms with van der Waals surface area (Å²) < 4.78 is 27.1. The summed E-state index contributed by atoms with van der Waals surface area (Å²) >= 11 is 1.80. The molecule has 1 amide bonds. The molecule has 162 valence electrons. The number of aryl methyl sites for hydroxylation is 1. The molecule has 2 aromatic rings. The maximum Gasteiger partial charge on any atom is 0.223 e. The second-order valence-electron chi connectivity index (χ2n) is 7.69. The van der Waals surface area contributed by atoms with Crippen molar-refractivity contribution in [2.45, 2.75) is 31.3 Å². The molecule has 1 fully saturated rings. The Labute approximate surface area is 184 Å². The molecule has 1 aliphatic rings. The minimum Gasteiger partial charge on any atom is -0.355 e. The van der Waals surface area contributed by atoms with Crippen LogP contribution in [0.5, 0.6) is 0 Å². The second kappa shape index (κ2) is 11.0. The van der Waals surface area contributed by atoms with Crippen molar-refractivity contribution in [2.24, 2.45) is 5.92 Å². The number of carbonyl (C=O) groups is 1. The van der Waals surface area contributed by atoms with E-state index in [4.69, 9.17) is 0 Å². The zero-order valence-electron chi connectivity index (χ0n) is 17.4. The molecule has 0 aliphatic carbocycles. The van der Waals surface area contributed by atoms with E-state index in [1.54, 1.807) is 16.1 Å². The Morgan fingerprint density at radius 2 is 1.73 bits per heavy atom. The molecule has 1 aliphatic heterocycles. The van der Waals surface area contributed by atoms with Gasteiger partial charge in [0.1, 0.15) is 0 Å². The third-order valence-corrected chi connectivity index (χ3v) is 8.33. The maximum atomic E-state index is 12.8. The highest BCUT2D eigenvalue weighted by Crippen LogP contribution is 2.23. The zero-order chi connectivity index (χ0) is 21.4. The van der Waals surface area contributed by atoms with Gasteiger partial charge in [0.25, 0.3) is 0 Å². The number of benzene rings is 2. The molecule has 0 saturated carbocycles.